The predicted molar refractivity (Wildman–Crippen MR) is 86.3 cm³/mol. The molecule has 0 saturated carbocycles. The minimum atomic E-state index is -4.61. The Hall–Kier alpha value is -3.19. The van der Waals surface area contributed by atoms with E-state index in [9.17, 15) is 23.1 Å². The molecular formula is C17H14F3N3O4. The van der Waals surface area contributed by atoms with Gasteiger partial charge in [-0.25, -0.2) is 4.79 Å². The van der Waals surface area contributed by atoms with Crippen LogP contribution in [0.5, 0.6) is 5.75 Å². The molecule has 2 unspecified atom stereocenters. The number of ether oxygens (including phenoxy) is 2. The van der Waals surface area contributed by atoms with Gasteiger partial charge in [-0.15, -0.1) is 0 Å². The number of fused-ring (bicyclic) bond motifs is 1. The van der Waals surface area contributed by atoms with E-state index in [2.05, 4.69) is 4.74 Å². The second kappa shape index (κ2) is 6.51. The zero-order valence-corrected chi connectivity index (χ0v) is 13.9. The lowest BCUT2D eigenvalue weighted by atomic mass is 9.98. The first-order valence-electron chi connectivity index (χ1n) is 7.72. The van der Waals surface area contributed by atoms with E-state index in [-0.39, 0.29) is 28.3 Å². The van der Waals surface area contributed by atoms with Gasteiger partial charge in [-0.2, -0.15) is 18.4 Å². The van der Waals surface area contributed by atoms with Gasteiger partial charge in [0.1, 0.15) is 11.8 Å². The van der Waals surface area contributed by atoms with Gasteiger partial charge in [-0.05, 0) is 18.2 Å². The molecule has 1 aromatic heterocycles. The van der Waals surface area contributed by atoms with E-state index >= 15 is 0 Å². The number of nitriles is 1. The number of hydrogen-bond acceptors (Lipinski definition) is 6. The van der Waals surface area contributed by atoms with E-state index in [1.54, 1.807) is 0 Å². The van der Waals surface area contributed by atoms with Crippen molar-refractivity contribution in [2.75, 3.05) is 12.8 Å². The maximum atomic E-state index is 12.9. The minimum absolute atomic E-state index is 0.0297. The summed E-state index contributed by atoms with van der Waals surface area (Å²) >= 11 is 0. The summed E-state index contributed by atoms with van der Waals surface area (Å²) in [5.74, 6) is -0.902. The zero-order valence-electron chi connectivity index (χ0n) is 13.9. The molecule has 1 aliphatic heterocycles. The Morgan fingerprint density at radius 3 is 2.78 bits per heavy atom. The van der Waals surface area contributed by atoms with Gasteiger partial charge in [-0.3, -0.25) is 0 Å². The summed E-state index contributed by atoms with van der Waals surface area (Å²) in [6.07, 6.45) is -7.47. The third kappa shape index (κ3) is 3.17. The van der Waals surface area contributed by atoms with E-state index in [0.717, 1.165) is 7.11 Å². The van der Waals surface area contributed by atoms with Gasteiger partial charge in [-0.1, -0.05) is 0 Å². The van der Waals surface area contributed by atoms with Crippen molar-refractivity contribution in [1.29, 1.82) is 5.26 Å². The number of nitrogens with two attached hydrogens (primary N) is 1. The molecule has 10 heteroatoms. The highest BCUT2D eigenvalue weighted by molar-refractivity contribution is 5.96. The molecule has 3 rings (SSSR count). The van der Waals surface area contributed by atoms with E-state index in [1.165, 1.54) is 29.0 Å². The normalized spacial score (nSPS) is 19.0. The number of alkyl halides is 3. The van der Waals surface area contributed by atoms with Crippen LogP contribution in [0.4, 0.5) is 18.9 Å². The van der Waals surface area contributed by atoms with Crippen molar-refractivity contribution < 1.29 is 32.5 Å². The maximum absolute atomic E-state index is 12.9. The second-order valence-electron chi connectivity index (χ2n) is 5.90. The third-order valence-corrected chi connectivity index (χ3v) is 4.25. The van der Waals surface area contributed by atoms with Gasteiger partial charge in [0.05, 0.1) is 24.5 Å². The fraction of sp³-hybridized carbons (Fsp3) is 0.294. The Labute approximate surface area is 151 Å². The topological polar surface area (TPSA) is 110 Å². The summed E-state index contributed by atoms with van der Waals surface area (Å²) in [5, 5.41) is 19.3. The zero-order chi connectivity index (χ0) is 19.9. The van der Waals surface area contributed by atoms with Crippen LogP contribution in [0.25, 0.3) is 5.69 Å². The first-order chi connectivity index (χ1) is 12.7. The van der Waals surface area contributed by atoms with Crippen LogP contribution in [0.1, 0.15) is 34.1 Å². The molecule has 3 N–H and O–H groups in total. The number of methoxy groups -OCH3 is 1. The number of carbonyl (C=O) groups is 1. The molecule has 2 heterocycles. The summed E-state index contributed by atoms with van der Waals surface area (Å²) < 4.78 is 49.5. The van der Waals surface area contributed by atoms with Crippen molar-refractivity contribution in [3.63, 3.8) is 0 Å². The molecule has 0 aliphatic carbocycles. The fourth-order valence-corrected chi connectivity index (χ4v) is 2.90. The van der Waals surface area contributed by atoms with Gasteiger partial charge in [0.15, 0.2) is 11.8 Å². The SMILES string of the molecule is COC(=O)c1c(N)c(C#N)cn1-c1ccc2c(c1)C(O)CC(C(F)(F)F)O2. The monoisotopic (exact) mass is 381 g/mol. The van der Waals surface area contributed by atoms with E-state index < -0.39 is 30.8 Å². The lowest BCUT2D eigenvalue weighted by Crippen LogP contribution is -2.38. The quantitative estimate of drug-likeness (QED) is 0.774. The van der Waals surface area contributed by atoms with Gasteiger partial charge in [0, 0.05) is 23.9 Å². The number of anilines is 1. The molecule has 0 radical (unpaired) electrons. The molecule has 0 fully saturated rings. The molecule has 1 aliphatic rings. The Bertz CT molecular complexity index is 946. The van der Waals surface area contributed by atoms with Crippen LogP contribution < -0.4 is 10.5 Å². The van der Waals surface area contributed by atoms with Gasteiger partial charge < -0.3 is 24.9 Å². The first kappa shape index (κ1) is 18.6. The lowest BCUT2D eigenvalue weighted by Gasteiger charge is -2.31. The number of esters is 1. The van der Waals surface area contributed by atoms with E-state index in [4.69, 9.17) is 15.7 Å². The molecule has 0 spiro atoms. The van der Waals surface area contributed by atoms with Crippen LogP contribution in [0.2, 0.25) is 0 Å². The lowest BCUT2D eigenvalue weighted by molar-refractivity contribution is -0.207. The average molecular weight is 381 g/mol. The summed E-state index contributed by atoms with van der Waals surface area (Å²) in [7, 11) is 1.15. The molecular weight excluding hydrogens is 367 g/mol. The standard InChI is InChI=1S/C17H14F3N3O4/c1-26-16(25)15-14(22)8(6-21)7-23(15)9-2-3-12-10(4-9)11(24)5-13(27-12)17(18,19)20/h2-4,7,11,13,24H,5,22H2,1H3. The van der Waals surface area contributed by atoms with Crippen molar-refractivity contribution >= 4 is 11.7 Å². The molecule has 1 aromatic carbocycles. The van der Waals surface area contributed by atoms with Crippen molar-refractivity contribution in [2.24, 2.45) is 0 Å². The Morgan fingerprint density at radius 1 is 1.48 bits per heavy atom. The summed E-state index contributed by atoms with van der Waals surface area (Å²) in [4.78, 5) is 12.0. The van der Waals surface area contributed by atoms with Crippen molar-refractivity contribution in [3.8, 4) is 17.5 Å². The van der Waals surface area contributed by atoms with Gasteiger partial charge >= 0.3 is 12.1 Å². The number of nitrogen functional groups attached to an aromatic ring is 1. The minimum Gasteiger partial charge on any atom is -0.480 e. The van der Waals surface area contributed by atoms with Crippen LogP contribution in [0.15, 0.2) is 24.4 Å². The smallest absolute Gasteiger partial charge is 0.425 e. The number of benzene rings is 1. The van der Waals surface area contributed by atoms with E-state index in [0.29, 0.717) is 5.69 Å². The maximum Gasteiger partial charge on any atom is 0.425 e. The third-order valence-electron chi connectivity index (χ3n) is 4.25. The largest absolute Gasteiger partial charge is 0.480 e. The molecule has 142 valence electrons. The second-order valence-corrected chi connectivity index (χ2v) is 5.90. The first-order valence-corrected chi connectivity index (χ1v) is 7.72. The molecule has 27 heavy (non-hydrogen) atoms. The summed E-state index contributed by atoms with van der Waals surface area (Å²) in [6, 6.07) is 5.87. The number of carbonyl (C=O) groups excluding carboxylic acids is 1. The van der Waals surface area contributed by atoms with Crippen LogP contribution in [-0.2, 0) is 4.74 Å². The number of halogens is 3. The molecule has 0 saturated heterocycles. The van der Waals surface area contributed by atoms with Crippen LogP contribution in [-0.4, -0.2) is 35.0 Å². The number of hydrogen-bond donors (Lipinski definition) is 2. The van der Waals surface area contributed by atoms with Crippen molar-refractivity contribution in [1.82, 2.24) is 4.57 Å². The van der Waals surface area contributed by atoms with Gasteiger partial charge in [0.2, 0.25) is 0 Å². The highest BCUT2D eigenvalue weighted by Crippen LogP contribution is 2.41. The molecule has 2 atom stereocenters. The summed E-state index contributed by atoms with van der Waals surface area (Å²) in [5.41, 5.74) is 6.09. The summed E-state index contributed by atoms with van der Waals surface area (Å²) in [6.45, 7) is 0. The van der Waals surface area contributed by atoms with Crippen molar-refractivity contribution in [3.05, 3.63) is 41.2 Å². The average Bonchev–Trinajstić information content (AvgIpc) is 2.96. The van der Waals surface area contributed by atoms with Gasteiger partial charge in [0.25, 0.3) is 0 Å². The highest BCUT2D eigenvalue weighted by atomic mass is 19.4. The fourth-order valence-electron chi connectivity index (χ4n) is 2.90. The van der Waals surface area contributed by atoms with Crippen LogP contribution in [0, 0.1) is 11.3 Å². The number of aliphatic hydroxyl groups is 1. The van der Waals surface area contributed by atoms with E-state index in [1.807, 2.05) is 6.07 Å². The Balaban J connectivity index is 2.08. The van der Waals surface area contributed by atoms with Crippen LogP contribution >= 0.6 is 0 Å². The Morgan fingerprint density at radius 2 is 2.19 bits per heavy atom. The number of aromatic nitrogens is 1. The number of rotatable bonds is 2. The van der Waals surface area contributed by atoms with Crippen molar-refractivity contribution in [2.45, 2.75) is 24.8 Å². The predicted octanol–water partition coefficient (Wildman–Crippen LogP) is 2.46. The van der Waals surface area contributed by atoms with Crippen LogP contribution in [0.3, 0.4) is 0 Å². The molecule has 7 nitrogen and oxygen atoms in total. The molecule has 2 aromatic rings. The highest BCUT2D eigenvalue weighted by Gasteiger charge is 2.46. The molecule has 0 bridgehead atoms. The molecule has 0 amide bonds. The Kier molecular flexibility index (Phi) is 4.49. The number of aliphatic hydroxyl groups excluding tert-OH is 1. The number of nitrogens with zero attached hydrogens (tertiary/aromatic N) is 2.